The molecule has 0 aliphatic heterocycles. The van der Waals surface area contributed by atoms with E-state index in [1.165, 1.54) is 0 Å². The minimum Gasteiger partial charge on any atom is -0.265 e. The molecular formula is C15H14N3O+. The molecule has 0 atom stereocenters. The van der Waals surface area contributed by atoms with Crippen LogP contribution in [0, 0.1) is 6.92 Å². The maximum absolute atomic E-state index is 12.2. The van der Waals surface area contributed by atoms with Crippen LogP contribution in [-0.4, -0.2) is 4.68 Å². The van der Waals surface area contributed by atoms with Gasteiger partial charge < -0.3 is 0 Å². The lowest BCUT2D eigenvalue weighted by Crippen LogP contribution is -2.35. The van der Waals surface area contributed by atoms with E-state index in [9.17, 15) is 4.79 Å². The lowest BCUT2D eigenvalue weighted by molar-refractivity contribution is -0.337. The number of rotatable bonds is 1. The number of H-pyrrole nitrogens is 1. The summed E-state index contributed by atoms with van der Waals surface area (Å²) in [5, 5.41) is 0.584. The fourth-order valence-corrected chi connectivity index (χ4v) is 2.12. The Morgan fingerprint density at radius 1 is 1.05 bits per heavy atom. The molecule has 0 unspecified atom stereocenters. The van der Waals surface area contributed by atoms with Gasteiger partial charge in [0.25, 0.3) is 0 Å². The van der Waals surface area contributed by atoms with E-state index in [4.69, 9.17) is 5.84 Å². The van der Waals surface area contributed by atoms with Crippen molar-refractivity contribution in [3.8, 4) is 11.4 Å². The number of hydrogen-bond donors (Lipinski definition) is 1. The van der Waals surface area contributed by atoms with Crippen LogP contribution in [0.3, 0.4) is 0 Å². The van der Waals surface area contributed by atoms with Crippen molar-refractivity contribution in [2.45, 2.75) is 6.92 Å². The van der Waals surface area contributed by atoms with Gasteiger partial charge in [-0.1, -0.05) is 34.5 Å². The van der Waals surface area contributed by atoms with Gasteiger partial charge in [-0.15, -0.1) is 0 Å². The fourth-order valence-electron chi connectivity index (χ4n) is 2.12. The Bertz CT molecular complexity index is 804. The zero-order valence-electron chi connectivity index (χ0n) is 10.6. The van der Waals surface area contributed by atoms with Crippen molar-refractivity contribution in [2.75, 3.05) is 5.84 Å². The molecule has 0 aliphatic carbocycles. The Morgan fingerprint density at radius 3 is 2.47 bits per heavy atom. The van der Waals surface area contributed by atoms with Crippen LogP contribution in [0.2, 0.25) is 0 Å². The standard InChI is InChI=1S/C15H13N3O/c1-10-6-8-11(9-7-10)14-17-13-5-3-2-4-12(13)15(19)18(14)16/h2-9H,16H2,1H3/p+1. The van der Waals surface area contributed by atoms with E-state index in [0.717, 1.165) is 21.3 Å². The van der Waals surface area contributed by atoms with Crippen LogP contribution in [0.25, 0.3) is 22.3 Å². The number of benzene rings is 2. The second kappa shape index (κ2) is 4.24. The molecule has 3 aromatic rings. The molecule has 1 heterocycles. The van der Waals surface area contributed by atoms with Crippen LogP contribution >= 0.6 is 0 Å². The van der Waals surface area contributed by atoms with Gasteiger partial charge in [-0.05, 0) is 31.2 Å². The summed E-state index contributed by atoms with van der Waals surface area (Å²) in [6.45, 7) is 2.02. The first-order valence-electron chi connectivity index (χ1n) is 6.06. The first-order chi connectivity index (χ1) is 9.16. The van der Waals surface area contributed by atoms with Crippen molar-refractivity contribution in [1.82, 2.24) is 4.68 Å². The van der Waals surface area contributed by atoms with Gasteiger partial charge in [0.15, 0.2) is 0 Å². The highest BCUT2D eigenvalue weighted by Gasteiger charge is 2.17. The monoisotopic (exact) mass is 252 g/mol. The molecule has 3 rings (SSSR count). The molecule has 0 saturated heterocycles. The Balaban J connectivity index is 2.33. The van der Waals surface area contributed by atoms with Gasteiger partial charge in [-0.25, -0.2) is 9.78 Å². The van der Waals surface area contributed by atoms with Crippen LogP contribution in [0.5, 0.6) is 0 Å². The summed E-state index contributed by atoms with van der Waals surface area (Å²) in [7, 11) is 0. The molecular weight excluding hydrogens is 238 g/mol. The molecule has 0 fully saturated rings. The molecule has 4 nitrogen and oxygen atoms in total. The maximum Gasteiger partial charge on any atom is 0.368 e. The van der Waals surface area contributed by atoms with Crippen molar-refractivity contribution in [3.05, 3.63) is 64.4 Å². The lowest BCUT2D eigenvalue weighted by atomic mass is 10.1. The van der Waals surface area contributed by atoms with Crippen LogP contribution in [0.1, 0.15) is 5.56 Å². The van der Waals surface area contributed by atoms with Crippen molar-refractivity contribution < 1.29 is 4.98 Å². The molecule has 0 aliphatic rings. The molecule has 0 saturated carbocycles. The van der Waals surface area contributed by atoms with E-state index in [1.807, 2.05) is 49.4 Å². The average Bonchev–Trinajstić information content (AvgIpc) is 2.44. The smallest absolute Gasteiger partial charge is 0.265 e. The van der Waals surface area contributed by atoms with Gasteiger partial charge in [-0.3, -0.25) is 5.84 Å². The summed E-state index contributed by atoms with van der Waals surface area (Å²) >= 11 is 0. The molecule has 0 spiro atoms. The predicted octanol–water partition coefficient (Wildman–Crippen LogP) is 1.50. The number of aromatic nitrogens is 2. The number of hydrogen-bond acceptors (Lipinski definition) is 2. The number of nitrogen functional groups attached to an aromatic ring is 1. The molecule has 4 heteroatoms. The summed E-state index contributed by atoms with van der Waals surface area (Å²) in [6.07, 6.45) is 0. The van der Waals surface area contributed by atoms with Gasteiger partial charge in [0.1, 0.15) is 10.9 Å². The second-order valence-corrected chi connectivity index (χ2v) is 4.56. The lowest BCUT2D eigenvalue weighted by Gasteiger charge is -2.02. The van der Waals surface area contributed by atoms with E-state index >= 15 is 0 Å². The largest absolute Gasteiger partial charge is 0.368 e. The van der Waals surface area contributed by atoms with Gasteiger partial charge in [0.2, 0.25) is 0 Å². The summed E-state index contributed by atoms with van der Waals surface area (Å²) in [4.78, 5) is 15.4. The summed E-state index contributed by atoms with van der Waals surface area (Å²) in [6, 6.07) is 15.2. The Morgan fingerprint density at radius 2 is 1.74 bits per heavy atom. The quantitative estimate of drug-likeness (QED) is 0.667. The van der Waals surface area contributed by atoms with Crippen molar-refractivity contribution in [3.63, 3.8) is 0 Å². The molecule has 19 heavy (non-hydrogen) atoms. The highest BCUT2D eigenvalue weighted by atomic mass is 16.1. The highest BCUT2D eigenvalue weighted by molar-refractivity contribution is 5.75. The van der Waals surface area contributed by atoms with E-state index in [0.29, 0.717) is 11.2 Å². The minimum absolute atomic E-state index is 0.204. The maximum atomic E-state index is 12.2. The van der Waals surface area contributed by atoms with Gasteiger partial charge in [0, 0.05) is 0 Å². The second-order valence-electron chi connectivity index (χ2n) is 4.56. The normalized spacial score (nSPS) is 10.8. The van der Waals surface area contributed by atoms with Gasteiger partial charge >= 0.3 is 11.4 Å². The zero-order valence-corrected chi connectivity index (χ0v) is 10.6. The number of fused-ring (bicyclic) bond motifs is 1. The van der Waals surface area contributed by atoms with Crippen molar-refractivity contribution >= 4 is 10.9 Å². The first-order valence-corrected chi connectivity index (χ1v) is 6.06. The Labute approximate surface area is 110 Å². The third-order valence-corrected chi connectivity index (χ3v) is 3.20. The van der Waals surface area contributed by atoms with Crippen molar-refractivity contribution in [1.29, 1.82) is 0 Å². The fraction of sp³-hybridized carbons (Fsp3) is 0.0667. The Kier molecular flexibility index (Phi) is 2.56. The van der Waals surface area contributed by atoms with Gasteiger partial charge in [-0.2, -0.15) is 0 Å². The SMILES string of the molecule is Cc1ccc(-c2[nH+]c3ccccc3c(=O)n2N)cc1. The van der Waals surface area contributed by atoms with Crippen LogP contribution in [0.4, 0.5) is 0 Å². The number of aryl methyl sites for hydroxylation is 1. The minimum atomic E-state index is -0.204. The number of aromatic amines is 1. The Hall–Kier alpha value is -2.62. The number of nitrogens with one attached hydrogen (secondary N) is 1. The van der Waals surface area contributed by atoms with Crippen LogP contribution in [0.15, 0.2) is 53.3 Å². The molecule has 0 amide bonds. The van der Waals surface area contributed by atoms with Crippen LogP contribution in [-0.2, 0) is 0 Å². The molecule has 0 bridgehead atoms. The summed E-state index contributed by atoms with van der Waals surface area (Å²) in [5.41, 5.74) is 2.63. The van der Waals surface area contributed by atoms with Gasteiger partial charge in [0.05, 0.1) is 5.56 Å². The molecule has 3 N–H and O–H groups in total. The van der Waals surface area contributed by atoms with Crippen molar-refractivity contribution in [2.24, 2.45) is 0 Å². The third-order valence-electron chi connectivity index (χ3n) is 3.20. The van der Waals surface area contributed by atoms with E-state index < -0.39 is 0 Å². The number of para-hydroxylation sites is 1. The van der Waals surface area contributed by atoms with E-state index in [1.54, 1.807) is 6.07 Å². The van der Waals surface area contributed by atoms with Crippen LogP contribution < -0.4 is 16.4 Å². The molecule has 2 aromatic carbocycles. The zero-order chi connectivity index (χ0) is 13.4. The third kappa shape index (κ3) is 1.87. The number of nitrogens with zero attached hydrogens (tertiary/aromatic N) is 1. The average molecular weight is 252 g/mol. The van der Waals surface area contributed by atoms with E-state index in [2.05, 4.69) is 4.98 Å². The summed E-state index contributed by atoms with van der Waals surface area (Å²) < 4.78 is 1.16. The number of nitrogens with two attached hydrogens (primary N) is 1. The molecule has 1 aromatic heterocycles. The summed E-state index contributed by atoms with van der Waals surface area (Å²) in [5.74, 6) is 6.49. The highest BCUT2D eigenvalue weighted by Crippen LogP contribution is 2.14. The first kappa shape index (κ1) is 11.5. The predicted molar refractivity (Wildman–Crippen MR) is 75.1 cm³/mol. The molecule has 0 radical (unpaired) electrons. The topological polar surface area (TPSA) is 62.2 Å². The van der Waals surface area contributed by atoms with E-state index in [-0.39, 0.29) is 5.56 Å². The molecule has 94 valence electrons.